The van der Waals surface area contributed by atoms with Gasteiger partial charge < -0.3 is 14.8 Å². The Morgan fingerprint density at radius 2 is 2.08 bits per heavy atom. The molecule has 0 saturated heterocycles. The van der Waals surface area contributed by atoms with Gasteiger partial charge in [0.2, 0.25) is 5.95 Å². The molecular formula is C17H20BrN5O3. The summed E-state index contributed by atoms with van der Waals surface area (Å²) in [6.07, 6.45) is 0. The van der Waals surface area contributed by atoms with Crippen molar-refractivity contribution in [3.05, 3.63) is 39.5 Å². The van der Waals surface area contributed by atoms with Crippen molar-refractivity contribution in [1.82, 2.24) is 20.2 Å². The van der Waals surface area contributed by atoms with Crippen LogP contribution in [0.3, 0.4) is 0 Å². The van der Waals surface area contributed by atoms with Crippen molar-refractivity contribution in [3.63, 3.8) is 0 Å². The number of methoxy groups -OCH3 is 1. The standard InChI is InChI=1S/C17H20BrN5O3/c1-9-13(15(24)26-17(2,3)4)14(23-16(19-9)20-21-22-23)11-7-6-10(18)8-12(11)25-5/h6-8,14H,1-5H3,(H,19,20,22)/t14-/m0/s1. The van der Waals surface area contributed by atoms with Gasteiger partial charge in [0.1, 0.15) is 17.4 Å². The predicted octanol–water partition coefficient (Wildman–Crippen LogP) is 3.07. The smallest absolute Gasteiger partial charge is 0.338 e. The summed E-state index contributed by atoms with van der Waals surface area (Å²) in [5.41, 5.74) is 1.20. The molecule has 2 heterocycles. The molecule has 0 spiro atoms. The van der Waals surface area contributed by atoms with Gasteiger partial charge in [-0.25, -0.2) is 4.79 Å². The summed E-state index contributed by atoms with van der Waals surface area (Å²) in [5.74, 6) is 0.630. The fraction of sp³-hybridized carbons (Fsp3) is 0.412. The first kappa shape index (κ1) is 18.4. The van der Waals surface area contributed by atoms with Gasteiger partial charge in [0.15, 0.2) is 0 Å². The van der Waals surface area contributed by atoms with E-state index in [9.17, 15) is 4.79 Å². The van der Waals surface area contributed by atoms with Crippen LogP contribution < -0.4 is 10.1 Å². The second kappa shape index (κ2) is 6.71. The number of carbonyl (C=O) groups is 1. The maximum absolute atomic E-state index is 13.0. The lowest BCUT2D eigenvalue weighted by molar-refractivity contribution is -0.150. The Hall–Kier alpha value is -2.42. The van der Waals surface area contributed by atoms with Gasteiger partial charge in [-0.05, 0) is 50.3 Å². The molecule has 1 aliphatic heterocycles. The number of esters is 1. The molecule has 0 saturated carbocycles. The van der Waals surface area contributed by atoms with Crippen molar-refractivity contribution in [2.45, 2.75) is 39.3 Å². The van der Waals surface area contributed by atoms with E-state index in [-0.39, 0.29) is 0 Å². The van der Waals surface area contributed by atoms with E-state index < -0.39 is 17.6 Å². The fourth-order valence-corrected chi connectivity index (χ4v) is 3.15. The van der Waals surface area contributed by atoms with Crippen LogP contribution in [0.5, 0.6) is 5.75 Å². The summed E-state index contributed by atoms with van der Waals surface area (Å²) >= 11 is 3.44. The average Bonchev–Trinajstić information content (AvgIpc) is 2.99. The number of rotatable bonds is 3. The Balaban J connectivity index is 2.17. The van der Waals surface area contributed by atoms with Crippen molar-refractivity contribution >= 4 is 27.8 Å². The molecule has 0 bridgehead atoms. The van der Waals surface area contributed by atoms with E-state index in [0.717, 1.165) is 10.0 Å². The van der Waals surface area contributed by atoms with Crippen LogP contribution in [0.4, 0.5) is 5.95 Å². The van der Waals surface area contributed by atoms with Crippen molar-refractivity contribution in [1.29, 1.82) is 0 Å². The van der Waals surface area contributed by atoms with Crippen LogP contribution in [0.25, 0.3) is 0 Å². The van der Waals surface area contributed by atoms with E-state index in [1.54, 1.807) is 18.7 Å². The van der Waals surface area contributed by atoms with Gasteiger partial charge in [0.05, 0.1) is 12.7 Å². The number of aromatic nitrogens is 4. The molecule has 0 aliphatic carbocycles. The third kappa shape index (κ3) is 3.44. The number of hydrogen-bond donors (Lipinski definition) is 1. The van der Waals surface area contributed by atoms with E-state index in [4.69, 9.17) is 9.47 Å². The summed E-state index contributed by atoms with van der Waals surface area (Å²) < 4.78 is 13.6. The minimum Gasteiger partial charge on any atom is -0.496 e. The first-order valence-electron chi connectivity index (χ1n) is 8.03. The van der Waals surface area contributed by atoms with Crippen LogP contribution >= 0.6 is 15.9 Å². The van der Waals surface area contributed by atoms with Crippen LogP contribution in [0.15, 0.2) is 33.9 Å². The highest BCUT2D eigenvalue weighted by Crippen LogP contribution is 2.40. The topological polar surface area (TPSA) is 91.2 Å². The number of nitrogens with one attached hydrogen (secondary N) is 1. The second-order valence-corrected chi connectivity index (χ2v) is 7.82. The number of nitrogens with zero attached hydrogens (tertiary/aromatic N) is 4. The van der Waals surface area contributed by atoms with Crippen molar-refractivity contribution < 1.29 is 14.3 Å². The minimum absolute atomic E-state index is 0.431. The largest absolute Gasteiger partial charge is 0.496 e. The number of anilines is 1. The predicted molar refractivity (Wildman–Crippen MR) is 98.8 cm³/mol. The summed E-state index contributed by atoms with van der Waals surface area (Å²) in [5, 5.41) is 14.8. The molecule has 3 rings (SSSR count). The monoisotopic (exact) mass is 421 g/mol. The molecule has 1 atom stereocenters. The Morgan fingerprint density at radius 3 is 2.73 bits per heavy atom. The zero-order valence-corrected chi connectivity index (χ0v) is 16.8. The summed E-state index contributed by atoms with van der Waals surface area (Å²) in [7, 11) is 1.58. The lowest BCUT2D eigenvalue weighted by Crippen LogP contribution is -2.33. The molecule has 26 heavy (non-hydrogen) atoms. The van der Waals surface area contributed by atoms with Crippen LogP contribution in [0, 0.1) is 0 Å². The fourth-order valence-electron chi connectivity index (χ4n) is 2.81. The molecule has 0 unspecified atom stereocenters. The normalized spacial score (nSPS) is 16.8. The van der Waals surface area contributed by atoms with Crippen molar-refractivity contribution in [2.24, 2.45) is 0 Å². The number of halogens is 1. The van der Waals surface area contributed by atoms with Gasteiger partial charge in [-0.15, -0.1) is 0 Å². The third-order valence-corrected chi connectivity index (χ3v) is 4.32. The van der Waals surface area contributed by atoms with E-state index >= 15 is 0 Å². The maximum atomic E-state index is 13.0. The molecule has 1 aliphatic rings. The summed E-state index contributed by atoms with van der Waals surface area (Å²) in [4.78, 5) is 13.0. The van der Waals surface area contributed by atoms with Gasteiger partial charge in [0, 0.05) is 15.7 Å². The molecule has 138 valence electrons. The zero-order chi connectivity index (χ0) is 19.1. The van der Waals surface area contributed by atoms with Crippen LogP contribution in [0.2, 0.25) is 0 Å². The van der Waals surface area contributed by atoms with Gasteiger partial charge in [-0.1, -0.05) is 27.1 Å². The molecule has 0 amide bonds. The number of fused-ring (bicyclic) bond motifs is 1. The minimum atomic E-state index is -0.625. The van der Waals surface area contributed by atoms with Crippen molar-refractivity contribution in [3.8, 4) is 5.75 Å². The molecule has 8 nitrogen and oxygen atoms in total. The van der Waals surface area contributed by atoms with E-state index in [0.29, 0.717) is 23.0 Å². The maximum Gasteiger partial charge on any atom is 0.338 e. The first-order valence-corrected chi connectivity index (χ1v) is 8.83. The first-order chi connectivity index (χ1) is 12.2. The Labute approximate surface area is 159 Å². The van der Waals surface area contributed by atoms with Crippen LogP contribution in [-0.2, 0) is 9.53 Å². The number of benzene rings is 1. The van der Waals surface area contributed by atoms with Gasteiger partial charge in [-0.3, -0.25) is 0 Å². The number of ether oxygens (including phenoxy) is 2. The highest BCUT2D eigenvalue weighted by atomic mass is 79.9. The van der Waals surface area contributed by atoms with Gasteiger partial charge >= 0.3 is 5.97 Å². The quantitative estimate of drug-likeness (QED) is 0.761. The molecule has 9 heteroatoms. The molecular weight excluding hydrogens is 402 g/mol. The van der Waals surface area contributed by atoms with Gasteiger partial charge in [-0.2, -0.15) is 4.68 Å². The number of allylic oxidation sites excluding steroid dienone is 1. The molecule has 1 aromatic carbocycles. The molecule has 2 aromatic rings. The highest BCUT2D eigenvalue weighted by molar-refractivity contribution is 9.10. The van der Waals surface area contributed by atoms with Crippen LogP contribution in [0.1, 0.15) is 39.3 Å². The van der Waals surface area contributed by atoms with E-state index in [1.807, 2.05) is 39.0 Å². The lowest BCUT2D eigenvalue weighted by Gasteiger charge is -2.30. The summed E-state index contributed by atoms with van der Waals surface area (Å²) in [6, 6.07) is 5.02. The molecule has 1 N–H and O–H groups in total. The van der Waals surface area contributed by atoms with Crippen molar-refractivity contribution in [2.75, 3.05) is 12.4 Å². The zero-order valence-electron chi connectivity index (χ0n) is 15.2. The van der Waals surface area contributed by atoms with Gasteiger partial charge in [0.25, 0.3) is 0 Å². The average molecular weight is 422 g/mol. The summed E-state index contributed by atoms with van der Waals surface area (Å²) in [6.45, 7) is 7.29. The lowest BCUT2D eigenvalue weighted by atomic mass is 9.95. The molecule has 0 fully saturated rings. The van der Waals surface area contributed by atoms with E-state index in [1.165, 1.54) is 0 Å². The highest BCUT2D eigenvalue weighted by Gasteiger charge is 2.37. The van der Waals surface area contributed by atoms with E-state index in [2.05, 4.69) is 36.8 Å². The SMILES string of the molecule is COc1cc(Br)ccc1[C@H]1C(C(=O)OC(C)(C)C)=C(C)Nc2nnnn21. The second-order valence-electron chi connectivity index (χ2n) is 6.90. The Morgan fingerprint density at radius 1 is 1.35 bits per heavy atom. The number of tetrazole rings is 1. The van der Waals surface area contributed by atoms with Crippen LogP contribution in [-0.4, -0.2) is 38.9 Å². The third-order valence-electron chi connectivity index (χ3n) is 3.82. The molecule has 0 radical (unpaired) electrons. The number of carbonyl (C=O) groups excluding carboxylic acids is 1. The molecule has 1 aromatic heterocycles. The number of hydrogen-bond acceptors (Lipinski definition) is 7. The Bertz CT molecular complexity index is 885. The Kier molecular flexibility index (Phi) is 4.74.